The second kappa shape index (κ2) is 11.5. The molecule has 8 heteroatoms. The molecule has 30 heavy (non-hydrogen) atoms. The Bertz CT molecular complexity index is 875. The Kier molecular flexibility index (Phi) is 8.80. The molecule has 8 nitrogen and oxygen atoms in total. The third-order valence-corrected chi connectivity index (χ3v) is 4.32. The lowest BCUT2D eigenvalue weighted by Gasteiger charge is -2.23. The van der Waals surface area contributed by atoms with Crippen LogP contribution in [-0.4, -0.2) is 36.7 Å². The molecule has 0 aliphatic heterocycles. The van der Waals surface area contributed by atoms with Gasteiger partial charge in [0, 0.05) is 24.8 Å². The van der Waals surface area contributed by atoms with Crippen molar-refractivity contribution in [2.45, 2.75) is 33.6 Å². The van der Waals surface area contributed by atoms with Crippen LogP contribution in [-0.2, 0) is 4.79 Å². The number of carbonyl (C=O) groups excluding carboxylic acids is 1. The lowest BCUT2D eigenvalue weighted by Crippen LogP contribution is -2.25. The Balaban J connectivity index is 1.88. The monoisotopic (exact) mass is 412 g/mol. The Labute approximate surface area is 176 Å². The van der Waals surface area contributed by atoms with E-state index >= 15 is 0 Å². The number of hydrogen-bond donors (Lipinski definition) is 1. The van der Waals surface area contributed by atoms with Crippen molar-refractivity contribution >= 4 is 23.5 Å². The predicted molar refractivity (Wildman–Crippen MR) is 118 cm³/mol. The van der Waals surface area contributed by atoms with Gasteiger partial charge in [0.25, 0.3) is 5.91 Å². The second-order valence-electron chi connectivity index (χ2n) is 6.89. The van der Waals surface area contributed by atoms with Gasteiger partial charge >= 0.3 is 5.69 Å². The fourth-order valence-electron chi connectivity index (χ4n) is 2.93. The minimum Gasteiger partial charge on any atom is -0.477 e. The van der Waals surface area contributed by atoms with Crippen LogP contribution in [0.25, 0.3) is 0 Å². The second-order valence-corrected chi connectivity index (χ2v) is 6.89. The van der Waals surface area contributed by atoms with Crippen molar-refractivity contribution < 1.29 is 14.5 Å². The Morgan fingerprint density at radius 1 is 1.17 bits per heavy atom. The molecule has 0 bridgehead atoms. The van der Waals surface area contributed by atoms with Gasteiger partial charge in [-0.2, -0.15) is 5.10 Å². The first-order chi connectivity index (χ1) is 14.4. The highest BCUT2D eigenvalue weighted by Crippen LogP contribution is 2.27. The fourth-order valence-corrected chi connectivity index (χ4v) is 2.93. The summed E-state index contributed by atoms with van der Waals surface area (Å²) in [4.78, 5) is 24.8. The SMILES string of the molecule is CCCN(CCC)c1ccc(C=NNC(=O)COc2ccc(C)cc2[N+](=O)[O-])cc1. The van der Waals surface area contributed by atoms with Crippen molar-refractivity contribution in [2.24, 2.45) is 5.10 Å². The fraction of sp³-hybridized carbons (Fsp3) is 0.364. The van der Waals surface area contributed by atoms with Crippen molar-refractivity contribution in [3.8, 4) is 5.75 Å². The van der Waals surface area contributed by atoms with Gasteiger partial charge < -0.3 is 9.64 Å². The first kappa shape index (κ1) is 22.9. The normalized spacial score (nSPS) is 10.8. The molecule has 0 saturated heterocycles. The molecule has 0 aliphatic rings. The molecule has 1 amide bonds. The highest BCUT2D eigenvalue weighted by molar-refractivity contribution is 5.83. The average molecular weight is 412 g/mol. The van der Waals surface area contributed by atoms with Gasteiger partial charge in [-0.05, 0) is 49.1 Å². The summed E-state index contributed by atoms with van der Waals surface area (Å²) in [6.07, 6.45) is 3.71. The number of carbonyl (C=O) groups is 1. The first-order valence-electron chi connectivity index (χ1n) is 9.99. The van der Waals surface area contributed by atoms with Gasteiger partial charge in [0.1, 0.15) is 0 Å². The lowest BCUT2D eigenvalue weighted by molar-refractivity contribution is -0.385. The molecule has 0 radical (unpaired) electrons. The third-order valence-electron chi connectivity index (χ3n) is 4.32. The number of aryl methyl sites for hydroxylation is 1. The number of hydrazone groups is 1. The smallest absolute Gasteiger partial charge is 0.311 e. The number of rotatable bonds is 11. The van der Waals surface area contributed by atoms with Crippen LogP contribution < -0.4 is 15.1 Å². The average Bonchev–Trinajstić information content (AvgIpc) is 2.73. The zero-order chi connectivity index (χ0) is 21.9. The molecule has 0 fully saturated rings. The van der Waals surface area contributed by atoms with Gasteiger partial charge in [0.15, 0.2) is 12.4 Å². The topological polar surface area (TPSA) is 97.1 Å². The number of anilines is 1. The van der Waals surface area contributed by atoms with Crippen LogP contribution in [0, 0.1) is 17.0 Å². The largest absolute Gasteiger partial charge is 0.477 e. The molecule has 0 atom stereocenters. The molecule has 2 aromatic rings. The van der Waals surface area contributed by atoms with E-state index < -0.39 is 10.8 Å². The Hall–Kier alpha value is -3.42. The van der Waals surface area contributed by atoms with E-state index in [0.717, 1.165) is 42.7 Å². The number of ether oxygens (including phenoxy) is 1. The molecule has 2 rings (SSSR count). The summed E-state index contributed by atoms with van der Waals surface area (Å²) in [6, 6.07) is 12.5. The van der Waals surface area contributed by atoms with Crippen LogP contribution in [0.5, 0.6) is 5.75 Å². The van der Waals surface area contributed by atoms with Crippen molar-refractivity contribution in [2.75, 3.05) is 24.6 Å². The van der Waals surface area contributed by atoms with Crippen LogP contribution in [0.4, 0.5) is 11.4 Å². The predicted octanol–water partition coefficient (Wildman–Crippen LogP) is 4.06. The third kappa shape index (κ3) is 6.88. The summed E-state index contributed by atoms with van der Waals surface area (Å²) in [5.74, 6) is -0.459. The van der Waals surface area contributed by atoms with E-state index in [4.69, 9.17) is 4.74 Å². The van der Waals surface area contributed by atoms with Gasteiger partial charge in [-0.15, -0.1) is 0 Å². The van der Waals surface area contributed by atoms with Crippen molar-refractivity contribution in [3.63, 3.8) is 0 Å². The molecular formula is C22H28N4O4. The van der Waals surface area contributed by atoms with Crippen LogP contribution in [0.15, 0.2) is 47.6 Å². The first-order valence-corrected chi connectivity index (χ1v) is 9.99. The zero-order valence-corrected chi connectivity index (χ0v) is 17.6. The van der Waals surface area contributed by atoms with Gasteiger partial charge in [0.2, 0.25) is 0 Å². The van der Waals surface area contributed by atoms with Gasteiger partial charge in [-0.1, -0.05) is 32.0 Å². The summed E-state index contributed by atoms with van der Waals surface area (Å²) in [6.45, 7) is 7.71. The summed E-state index contributed by atoms with van der Waals surface area (Å²) in [7, 11) is 0. The summed E-state index contributed by atoms with van der Waals surface area (Å²) < 4.78 is 5.27. The lowest BCUT2D eigenvalue weighted by atomic mass is 10.2. The van der Waals surface area contributed by atoms with E-state index in [2.05, 4.69) is 29.3 Å². The van der Waals surface area contributed by atoms with E-state index in [-0.39, 0.29) is 18.0 Å². The number of hydrogen-bond acceptors (Lipinski definition) is 6. The van der Waals surface area contributed by atoms with E-state index in [1.807, 2.05) is 24.3 Å². The molecule has 0 saturated carbocycles. The minimum atomic E-state index is -0.538. The van der Waals surface area contributed by atoms with E-state index in [9.17, 15) is 14.9 Å². The van der Waals surface area contributed by atoms with Crippen molar-refractivity contribution in [3.05, 3.63) is 63.7 Å². The standard InChI is InChI=1S/C22H28N4O4/c1-4-12-25(13-5-2)19-9-7-18(8-10-19)15-23-24-22(27)16-30-21-11-6-17(3)14-20(21)26(28)29/h6-11,14-15H,4-5,12-13,16H2,1-3H3,(H,24,27). The minimum absolute atomic E-state index is 0.0454. The number of nitro groups is 1. The van der Waals surface area contributed by atoms with E-state index in [0.29, 0.717) is 0 Å². The maximum absolute atomic E-state index is 11.9. The molecule has 2 aromatic carbocycles. The molecular weight excluding hydrogens is 384 g/mol. The molecule has 0 spiro atoms. The van der Waals surface area contributed by atoms with Crippen molar-refractivity contribution in [1.29, 1.82) is 0 Å². The number of nitrogens with zero attached hydrogens (tertiary/aromatic N) is 3. The molecule has 0 unspecified atom stereocenters. The summed E-state index contributed by atoms with van der Waals surface area (Å²) >= 11 is 0. The highest BCUT2D eigenvalue weighted by Gasteiger charge is 2.16. The number of amides is 1. The summed E-state index contributed by atoms with van der Waals surface area (Å²) in [5, 5.41) is 15.0. The highest BCUT2D eigenvalue weighted by atomic mass is 16.6. The van der Waals surface area contributed by atoms with Gasteiger partial charge in [0.05, 0.1) is 11.1 Å². The Morgan fingerprint density at radius 3 is 2.43 bits per heavy atom. The van der Waals surface area contributed by atoms with Crippen LogP contribution in [0.2, 0.25) is 0 Å². The molecule has 1 N–H and O–H groups in total. The van der Waals surface area contributed by atoms with Gasteiger partial charge in [-0.25, -0.2) is 5.43 Å². The number of benzene rings is 2. The van der Waals surface area contributed by atoms with E-state index in [1.165, 1.54) is 12.1 Å². The quantitative estimate of drug-likeness (QED) is 0.341. The van der Waals surface area contributed by atoms with Crippen molar-refractivity contribution in [1.82, 2.24) is 5.43 Å². The molecule has 0 aliphatic carbocycles. The van der Waals surface area contributed by atoms with Crippen LogP contribution >= 0.6 is 0 Å². The maximum Gasteiger partial charge on any atom is 0.311 e. The van der Waals surface area contributed by atoms with Crippen LogP contribution in [0.1, 0.15) is 37.8 Å². The molecule has 0 aromatic heterocycles. The molecule has 160 valence electrons. The maximum atomic E-state index is 11.9. The summed E-state index contributed by atoms with van der Waals surface area (Å²) in [5.41, 5.74) is 4.94. The Morgan fingerprint density at radius 2 is 1.83 bits per heavy atom. The van der Waals surface area contributed by atoms with Crippen LogP contribution in [0.3, 0.4) is 0 Å². The zero-order valence-electron chi connectivity index (χ0n) is 17.6. The van der Waals surface area contributed by atoms with Gasteiger partial charge in [-0.3, -0.25) is 14.9 Å². The number of nitro benzene ring substituents is 1. The number of nitrogens with one attached hydrogen (secondary N) is 1. The van der Waals surface area contributed by atoms with E-state index in [1.54, 1.807) is 19.2 Å². The molecule has 0 heterocycles.